The van der Waals surface area contributed by atoms with E-state index in [9.17, 15) is 9.59 Å². The van der Waals surface area contributed by atoms with Crippen molar-refractivity contribution in [1.29, 1.82) is 0 Å². The van der Waals surface area contributed by atoms with Crippen molar-refractivity contribution >= 4 is 22.9 Å². The van der Waals surface area contributed by atoms with Crippen LogP contribution in [0.25, 0.3) is 22.2 Å². The van der Waals surface area contributed by atoms with Crippen LogP contribution in [0.2, 0.25) is 0 Å². The summed E-state index contributed by atoms with van der Waals surface area (Å²) in [5.74, 6) is 1.13. The molecule has 1 aromatic heterocycles. The van der Waals surface area contributed by atoms with Crippen LogP contribution in [-0.4, -0.2) is 67.5 Å². The quantitative estimate of drug-likeness (QED) is 0.363. The van der Waals surface area contributed by atoms with Gasteiger partial charge in [-0.25, -0.2) is 9.59 Å². The van der Waals surface area contributed by atoms with E-state index in [0.29, 0.717) is 44.3 Å². The summed E-state index contributed by atoms with van der Waals surface area (Å²) in [4.78, 5) is 28.0. The van der Waals surface area contributed by atoms with Crippen LogP contribution in [0.15, 0.2) is 36.4 Å². The summed E-state index contributed by atoms with van der Waals surface area (Å²) in [5, 5.41) is 4.68. The van der Waals surface area contributed by atoms with E-state index >= 15 is 0 Å². The average molecular weight is 574 g/mol. The Hall–Kier alpha value is -3.52. The van der Waals surface area contributed by atoms with Crippen molar-refractivity contribution in [3.8, 4) is 17.0 Å². The van der Waals surface area contributed by atoms with Crippen molar-refractivity contribution < 1.29 is 23.8 Å². The maximum absolute atomic E-state index is 13.5. The molecule has 2 aliphatic carbocycles. The molecule has 1 saturated heterocycles. The number of nitrogens with one attached hydrogen (secondary N) is 1. The van der Waals surface area contributed by atoms with Crippen LogP contribution >= 0.6 is 0 Å². The minimum Gasteiger partial charge on any atom is -0.497 e. The predicted octanol–water partition coefficient (Wildman–Crippen LogP) is 6.46. The topological polar surface area (TPSA) is 82.0 Å². The van der Waals surface area contributed by atoms with Crippen LogP contribution in [0.5, 0.6) is 5.75 Å². The number of hydrogen-bond acceptors (Lipinski definition) is 5. The first-order chi connectivity index (χ1) is 20.5. The molecular weight excluding hydrogens is 530 g/mol. The average Bonchev–Trinajstić information content (AvgIpc) is 3.68. The van der Waals surface area contributed by atoms with Crippen LogP contribution < -0.4 is 10.1 Å². The monoisotopic (exact) mass is 573 g/mol. The van der Waals surface area contributed by atoms with Crippen LogP contribution in [0.4, 0.5) is 4.79 Å². The summed E-state index contributed by atoms with van der Waals surface area (Å²) in [5.41, 5.74) is 6.22. The summed E-state index contributed by atoms with van der Waals surface area (Å²) in [6.45, 7) is 6.98. The lowest BCUT2D eigenvalue weighted by molar-refractivity contribution is 0.0520. The summed E-state index contributed by atoms with van der Waals surface area (Å²) >= 11 is 0. The smallest absolute Gasteiger partial charge is 0.337 e. The Labute approximate surface area is 248 Å². The fraction of sp³-hybridized carbons (Fsp3) is 0.529. The van der Waals surface area contributed by atoms with Gasteiger partial charge in [0.05, 0.1) is 44.2 Å². The van der Waals surface area contributed by atoms with Crippen molar-refractivity contribution in [1.82, 2.24) is 14.8 Å². The first-order valence-electron chi connectivity index (χ1n) is 15.6. The third-order valence-electron chi connectivity index (χ3n) is 9.60. The Bertz CT molecular complexity index is 1480. The highest BCUT2D eigenvalue weighted by atomic mass is 16.5. The van der Waals surface area contributed by atoms with Gasteiger partial charge in [0.1, 0.15) is 5.75 Å². The zero-order valence-electron chi connectivity index (χ0n) is 25.3. The molecule has 0 spiro atoms. The van der Waals surface area contributed by atoms with Gasteiger partial charge in [-0.15, -0.1) is 0 Å². The molecule has 1 N–H and O–H groups in total. The van der Waals surface area contributed by atoms with Gasteiger partial charge in [0.15, 0.2) is 0 Å². The van der Waals surface area contributed by atoms with Crippen LogP contribution in [0, 0.1) is 0 Å². The van der Waals surface area contributed by atoms with E-state index in [1.54, 1.807) is 7.11 Å². The number of carbonyl (C=O) groups excluding carboxylic acids is 2. The lowest BCUT2D eigenvalue weighted by atomic mass is 9.81. The van der Waals surface area contributed by atoms with E-state index in [1.165, 1.54) is 67.0 Å². The molecule has 8 heteroatoms. The molecule has 7 rings (SSSR count). The lowest BCUT2D eigenvalue weighted by Crippen LogP contribution is -2.51. The maximum atomic E-state index is 13.5. The van der Waals surface area contributed by atoms with Gasteiger partial charge in [-0.1, -0.05) is 39.2 Å². The Morgan fingerprint density at radius 3 is 2.48 bits per heavy atom. The molecule has 0 radical (unpaired) electrons. The largest absolute Gasteiger partial charge is 0.497 e. The number of amides is 2. The second-order valence-electron chi connectivity index (χ2n) is 11.8. The Morgan fingerprint density at radius 1 is 1.00 bits per heavy atom. The number of morpholine rings is 1. The Morgan fingerprint density at radius 2 is 1.76 bits per heavy atom. The number of ether oxygens (including phenoxy) is 3. The number of fused-ring (bicyclic) bond motifs is 7. The van der Waals surface area contributed by atoms with Gasteiger partial charge in [0, 0.05) is 42.0 Å². The Kier molecular flexibility index (Phi) is 7.92. The third kappa shape index (κ3) is 4.83. The first kappa shape index (κ1) is 28.6. The lowest BCUT2D eigenvalue weighted by Gasteiger charge is -2.30. The number of benzene rings is 2. The summed E-state index contributed by atoms with van der Waals surface area (Å²) in [6, 6.07) is 12.4. The molecule has 3 heterocycles. The van der Waals surface area contributed by atoms with Gasteiger partial charge in [-0.2, -0.15) is 0 Å². The van der Waals surface area contributed by atoms with Gasteiger partial charge in [0.25, 0.3) is 0 Å². The number of methoxy groups -OCH3 is 2. The Balaban J connectivity index is 0.00000155. The molecule has 42 heavy (non-hydrogen) atoms. The second kappa shape index (κ2) is 11.6. The van der Waals surface area contributed by atoms with Gasteiger partial charge in [-0.05, 0) is 66.6 Å². The molecule has 2 amide bonds. The summed E-state index contributed by atoms with van der Waals surface area (Å²) < 4.78 is 18.6. The number of nitrogens with zero attached hydrogens (tertiary/aromatic N) is 2. The molecule has 8 nitrogen and oxygen atoms in total. The SMILES string of the molecule is CC.COC(=O)c1ccc2c(C3CCCCC3)c3n(c2c1)CC1(NC(=O)N2CCOCC2)CC1c1cc(OC)ccc1-3. The standard InChI is InChI=1S/C32H37N3O5.C2H6/c1-38-22-9-11-23-25(17-22)26-18-32(26,33-31(37)34-12-14-40-15-13-34)19-35-27-16-21(30(36)39-2)8-10-24(27)28(29(23)35)20-6-4-3-5-7-20;1-2/h8-11,16-17,20,26H,3-7,12-15,18-19H2,1-2H3,(H,33,37);1-2H3. The van der Waals surface area contributed by atoms with Gasteiger partial charge >= 0.3 is 12.0 Å². The summed E-state index contributed by atoms with van der Waals surface area (Å²) in [7, 11) is 3.13. The highest BCUT2D eigenvalue weighted by molar-refractivity contribution is 5.99. The fourth-order valence-corrected chi connectivity index (χ4v) is 7.46. The van der Waals surface area contributed by atoms with Crippen molar-refractivity contribution in [3.05, 3.63) is 53.1 Å². The highest BCUT2D eigenvalue weighted by Gasteiger charge is 2.59. The number of hydrogen-bond donors (Lipinski definition) is 1. The number of esters is 1. The molecule has 2 saturated carbocycles. The zero-order valence-corrected chi connectivity index (χ0v) is 25.3. The minimum absolute atomic E-state index is 0.0297. The van der Waals surface area contributed by atoms with Crippen LogP contribution in [0.3, 0.4) is 0 Å². The number of rotatable bonds is 4. The van der Waals surface area contributed by atoms with E-state index in [4.69, 9.17) is 14.2 Å². The van der Waals surface area contributed by atoms with E-state index in [2.05, 4.69) is 28.1 Å². The molecule has 4 aliphatic rings. The molecule has 0 bridgehead atoms. The zero-order chi connectivity index (χ0) is 29.4. The van der Waals surface area contributed by atoms with Gasteiger partial charge in [-0.3, -0.25) is 0 Å². The third-order valence-corrected chi connectivity index (χ3v) is 9.60. The van der Waals surface area contributed by atoms with Gasteiger partial charge in [0.2, 0.25) is 0 Å². The van der Waals surface area contributed by atoms with Crippen LogP contribution in [0.1, 0.15) is 85.7 Å². The maximum Gasteiger partial charge on any atom is 0.337 e. The van der Waals surface area contributed by atoms with Crippen molar-refractivity contribution in [2.75, 3.05) is 40.5 Å². The molecule has 2 aromatic carbocycles. The molecular formula is C34H43N3O5. The van der Waals surface area contributed by atoms with E-state index < -0.39 is 5.54 Å². The fourth-order valence-electron chi connectivity index (χ4n) is 7.46. The molecule has 2 atom stereocenters. The predicted molar refractivity (Wildman–Crippen MR) is 163 cm³/mol. The molecule has 3 fully saturated rings. The van der Waals surface area contributed by atoms with E-state index in [-0.39, 0.29) is 17.9 Å². The molecule has 224 valence electrons. The first-order valence-corrected chi connectivity index (χ1v) is 15.6. The highest BCUT2D eigenvalue weighted by Crippen LogP contribution is 2.60. The van der Waals surface area contributed by atoms with Gasteiger partial charge < -0.3 is 29.0 Å². The van der Waals surface area contributed by atoms with E-state index in [1.807, 2.05) is 36.9 Å². The number of urea groups is 1. The molecule has 3 aromatic rings. The number of aromatic nitrogens is 1. The summed E-state index contributed by atoms with van der Waals surface area (Å²) in [6.07, 6.45) is 6.93. The number of carbonyl (C=O) groups is 2. The molecule has 2 unspecified atom stereocenters. The van der Waals surface area contributed by atoms with Crippen molar-refractivity contribution in [2.24, 2.45) is 0 Å². The van der Waals surface area contributed by atoms with E-state index in [0.717, 1.165) is 17.7 Å². The van der Waals surface area contributed by atoms with Crippen molar-refractivity contribution in [3.63, 3.8) is 0 Å². The normalized spacial score (nSPS) is 23.0. The second-order valence-corrected chi connectivity index (χ2v) is 11.8. The minimum atomic E-state index is -0.418. The van der Waals surface area contributed by atoms with Crippen molar-refractivity contribution in [2.45, 2.75) is 76.3 Å². The molecule has 2 aliphatic heterocycles. The van der Waals surface area contributed by atoms with Crippen LogP contribution in [-0.2, 0) is 16.0 Å².